The van der Waals surface area contributed by atoms with Crippen molar-refractivity contribution in [1.82, 2.24) is 5.32 Å². The molecule has 2 rings (SSSR count). The van der Waals surface area contributed by atoms with E-state index in [9.17, 15) is 9.90 Å². The molecule has 4 nitrogen and oxygen atoms in total. The van der Waals surface area contributed by atoms with Crippen LogP contribution >= 0.6 is 0 Å². The third-order valence-electron chi connectivity index (χ3n) is 4.44. The highest BCUT2D eigenvalue weighted by atomic mass is 16.5. The van der Waals surface area contributed by atoms with Gasteiger partial charge in [0.1, 0.15) is 0 Å². The number of nitrogens with one attached hydrogen (secondary N) is 1. The first-order valence-corrected chi connectivity index (χ1v) is 8.54. The second-order valence-corrected chi connectivity index (χ2v) is 6.85. The summed E-state index contributed by atoms with van der Waals surface area (Å²) in [7, 11) is 1.67. The molecule has 0 unspecified atom stereocenters. The highest BCUT2D eigenvalue weighted by molar-refractivity contribution is 5.94. The number of ether oxygens (including phenoxy) is 1. The van der Waals surface area contributed by atoms with Gasteiger partial charge in [-0.25, -0.2) is 0 Å². The molecule has 0 spiro atoms. The summed E-state index contributed by atoms with van der Waals surface area (Å²) < 4.78 is 5.35. The molecule has 0 heterocycles. The maximum atomic E-state index is 12.2. The Morgan fingerprint density at radius 3 is 2.08 bits per heavy atom. The maximum absolute atomic E-state index is 12.2. The van der Waals surface area contributed by atoms with Gasteiger partial charge in [-0.15, -0.1) is 0 Å². The molecule has 1 amide bonds. The van der Waals surface area contributed by atoms with Crippen LogP contribution in [0.1, 0.15) is 49.2 Å². The van der Waals surface area contributed by atoms with E-state index in [1.54, 1.807) is 14.0 Å². The second-order valence-electron chi connectivity index (χ2n) is 6.85. The van der Waals surface area contributed by atoms with E-state index in [1.807, 2.05) is 62.4 Å². The Morgan fingerprint density at radius 1 is 1.08 bits per heavy atom. The fourth-order valence-electron chi connectivity index (χ4n) is 2.45. The number of amides is 1. The predicted molar refractivity (Wildman–Crippen MR) is 101 cm³/mol. The molecule has 2 aromatic carbocycles. The molecule has 0 aliphatic rings. The summed E-state index contributed by atoms with van der Waals surface area (Å²) in [6.07, 6.45) is 0.284. The Labute approximate surface area is 149 Å². The van der Waals surface area contributed by atoms with Crippen LogP contribution in [-0.4, -0.2) is 30.3 Å². The Balaban J connectivity index is 1.98. The van der Waals surface area contributed by atoms with Gasteiger partial charge in [0.05, 0.1) is 11.7 Å². The van der Waals surface area contributed by atoms with Gasteiger partial charge in [-0.05, 0) is 56.0 Å². The molecule has 134 valence electrons. The lowest BCUT2D eigenvalue weighted by molar-refractivity contribution is 0.0160. The average Bonchev–Trinajstić information content (AvgIpc) is 2.61. The Morgan fingerprint density at radius 2 is 1.60 bits per heavy atom. The Bertz CT molecular complexity index is 688. The Kier molecular flexibility index (Phi) is 6.34. The molecule has 25 heavy (non-hydrogen) atoms. The zero-order valence-electron chi connectivity index (χ0n) is 15.4. The van der Waals surface area contributed by atoms with E-state index in [4.69, 9.17) is 4.74 Å². The second kappa shape index (κ2) is 8.28. The summed E-state index contributed by atoms with van der Waals surface area (Å²) in [6, 6.07) is 15.3. The fourth-order valence-corrected chi connectivity index (χ4v) is 2.45. The van der Waals surface area contributed by atoms with Crippen LogP contribution in [0.25, 0.3) is 11.1 Å². The zero-order valence-corrected chi connectivity index (χ0v) is 15.4. The van der Waals surface area contributed by atoms with Crippen LogP contribution in [0.2, 0.25) is 0 Å². The molecular formula is C21H27NO3. The molecule has 0 saturated carbocycles. The van der Waals surface area contributed by atoms with Crippen LogP contribution in [-0.2, 0) is 4.74 Å². The van der Waals surface area contributed by atoms with Gasteiger partial charge in [-0.3, -0.25) is 4.79 Å². The highest BCUT2D eigenvalue weighted by Crippen LogP contribution is 2.22. The van der Waals surface area contributed by atoms with Gasteiger partial charge in [0.2, 0.25) is 0 Å². The number of aliphatic hydroxyl groups is 1. The van der Waals surface area contributed by atoms with Crippen molar-refractivity contribution < 1.29 is 14.6 Å². The summed E-state index contributed by atoms with van der Waals surface area (Å²) in [5.74, 6) is -0.0806. The van der Waals surface area contributed by atoms with Gasteiger partial charge < -0.3 is 15.2 Å². The van der Waals surface area contributed by atoms with Crippen molar-refractivity contribution in [3.8, 4) is 11.1 Å². The first kappa shape index (κ1) is 19.2. The number of benzene rings is 2. The van der Waals surface area contributed by atoms with E-state index >= 15 is 0 Å². The van der Waals surface area contributed by atoms with E-state index in [2.05, 4.69) is 5.32 Å². The standard InChI is InChI=1S/C21H27NO3/c1-15(23)16-5-7-17(8-6-16)18-9-11-19(12-10-18)20(24)22-14-13-21(2,3)25-4/h5-12,15,23H,13-14H2,1-4H3,(H,22,24)/t15-/m1/s1. The van der Waals surface area contributed by atoms with Crippen molar-refractivity contribution in [1.29, 1.82) is 0 Å². The first-order valence-electron chi connectivity index (χ1n) is 8.54. The minimum atomic E-state index is -0.469. The monoisotopic (exact) mass is 341 g/mol. The van der Waals surface area contributed by atoms with Gasteiger partial charge in [-0.1, -0.05) is 36.4 Å². The summed E-state index contributed by atoms with van der Waals surface area (Å²) in [4.78, 5) is 12.2. The molecule has 0 aliphatic heterocycles. The number of aliphatic hydroxyl groups excluding tert-OH is 1. The van der Waals surface area contributed by atoms with E-state index in [-0.39, 0.29) is 11.5 Å². The summed E-state index contributed by atoms with van der Waals surface area (Å²) in [5.41, 5.74) is 3.38. The van der Waals surface area contributed by atoms with Gasteiger partial charge in [0.15, 0.2) is 0 Å². The number of rotatable bonds is 7. The SMILES string of the molecule is COC(C)(C)CCNC(=O)c1ccc(-c2ccc([C@@H](C)O)cc2)cc1. The highest BCUT2D eigenvalue weighted by Gasteiger charge is 2.16. The van der Waals surface area contributed by atoms with Gasteiger partial charge in [-0.2, -0.15) is 0 Å². The van der Waals surface area contributed by atoms with Crippen molar-refractivity contribution in [3.05, 3.63) is 59.7 Å². The number of methoxy groups -OCH3 is 1. The van der Waals surface area contributed by atoms with Crippen LogP contribution in [0, 0.1) is 0 Å². The topological polar surface area (TPSA) is 58.6 Å². The van der Waals surface area contributed by atoms with E-state index < -0.39 is 6.10 Å². The molecule has 1 atom stereocenters. The molecule has 0 radical (unpaired) electrons. The number of carbonyl (C=O) groups excluding carboxylic acids is 1. The molecule has 4 heteroatoms. The van der Waals surface area contributed by atoms with Crippen LogP contribution in [0.15, 0.2) is 48.5 Å². The molecule has 2 aromatic rings. The molecule has 0 saturated heterocycles. The van der Waals surface area contributed by atoms with Gasteiger partial charge in [0.25, 0.3) is 5.91 Å². The maximum Gasteiger partial charge on any atom is 0.251 e. The number of carbonyl (C=O) groups is 1. The molecule has 0 fully saturated rings. The van der Waals surface area contributed by atoms with E-state index in [0.29, 0.717) is 12.1 Å². The zero-order chi connectivity index (χ0) is 18.4. The van der Waals surface area contributed by atoms with Crippen LogP contribution in [0.4, 0.5) is 0 Å². The Hall–Kier alpha value is -2.17. The summed E-state index contributed by atoms with van der Waals surface area (Å²) >= 11 is 0. The van der Waals surface area contributed by atoms with Crippen molar-refractivity contribution in [2.75, 3.05) is 13.7 Å². The lowest BCUT2D eigenvalue weighted by atomic mass is 10.0. The average molecular weight is 341 g/mol. The van der Waals surface area contributed by atoms with Gasteiger partial charge in [0, 0.05) is 19.2 Å². The van der Waals surface area contributed by atoms with Crippen molar-refractivity contribution in [3.63, 3.8) is 0 Å². The molecule has 0 aliphatic carbocycles. The quantitative estimate of drug-likeness (QED) is 0.801. The van der Waals surface area contributed by atoms with Crippen molar-refractivity contribution in [2.24, 2.45) is 0 Å². The van der Waals surface area contributed by atoms with Crippen LogP contribution in [0.5, 0.6) is 0 Å². The predicted octanol–water partition coefficient (Wildman–Crippen LogP) is 3.95. The lowest BCUT2D eigenvalue weighted by Crippen LogP contribution is -2.32. The summed E-state index contributed by atoms with van der Waals surface area (Å²) in [5, 5.41) is 12.5. The largest absolute Gasteiger partial charge is 0.389 e. The molecular weight excluding hydrogens is 314 g/mol. The van der Waals surface area contributed by atoms with Crippen molar-refractivity contribution in [2.45, 2.75) is 38.9 Å². The van der Waals surface area contributed by atoms with E-state index in [1.165, 1.54) is 0 Å². The molecule has 2 N–H and O–H groups in total. The smallest absolute Gasteiger partial charge is 0.251 e. The van der Waals surface area contributed by atoms with Crippen LogP contribution in [0.3, 0.4) is 0 Å². The molecule has 0 bridgehead atoms. The molecule has 0 aromatic heterocycles. The number of hydrogen-bond donors (Lipinski definition) is 2. The lowest BCUT2D eigenvalue weighted by Gasteiger charge is -2.22. The number of hydrogen-bond acceptors (Lipinski definition) is 3. The summed E-state index contributed by atoms with van der Waals surface area (Å²) in [6.45, 7) is 6.31. The normalized spacial score (nSPS) is 12.7. The van der Waals surface area contributed by atoms with Gasteiger partial charge >= 0.3 is 0 Å². The van der Waals surface area contributed by atoms with Crippen molar-refractivity contribution >= 4 is 5.91 Å². The first-order chi connectivity index (χ1) is 11.8. The minimum Gasteiger partial charge on any atom is -0.389 e. The van der Waals surface area contributed by atoms with Crippen LogP contribution < -0.4 is 5.32 Å². The van der Waals surface area contributed by atoms with E-state index in [0.717, 1.165) is 23.1 Å². The third kappa shape index (κ3) is 5.41. The third-order valence-corrected chi connectivity index (χ3v) is 4.44. The fraction of sp³-hybridized carbons (Fsp3) is 0.381. The minimum absolute atomic E-state index is 0.0806.